The summed E-state index contributed by atoms with van der Waals surface area (Å²) in [6, 6.07) is 20.2. The van der Waals surface area contributed by atoms with E-state index in [1.165, 1.54) is 30.0 Å². The number of carbonyl (C=O) groups is 2. The number of nitrogens with one attached hydrogen (secondary N) is 2. The molecular formula is C21H16BrFN2O2S. The zero-order chi connectivity index (χ0) is 19.9. The summed E-state index contributed by atoms with van der Waals surface area (Å²) in [5.41, 5.74) is 1.28. The lowest BCUT2D eigenvalue weighted by Gasteiger charge is -2.08. The van der Waals surface area contributed by atoms with E-state index in [-0.39, 0.29) is 17.2 Å². The molecule has 0 heterocycles. The van der Waals surface area contributed by atoms with Gasteiger partial charge in [0.15, 0.2) is 0 Å². The third-order valence-electron chi connectivity index (χ3n) is 3.73. The molecule has 0 fully saturated rings. The van der Waals surface area contributed by atoms with E-state index in [0.29, 0.717) is 5.69 Å². The van der Waals surface area contributed by atoms with Crippen LogP contribution >= 0.6 is 27.7 Å². The zero-order valence-electron chi connectivity index (χ0n) is 14.6. The van der Waals surface area contributed by atoms with Crippen molar-refractivity contribution < 1.29 is 14.0 Å². The van der Waals surface area contributed by atoms with Gasteiger partial charge in [0, 0.05) is 20.7 Å². The van der Waals surface area contributed by atoms with Gasteiger partial charge in [-0.3, -0.25) is 9.59 Å². The molecule has 3 rings (SSSR count). The smallest absolute Gasteiger partial charge is 0.258 e. The number of halogens is 2. The highest BCUT2D eigenvalue weighted by atomic mass is 79.9. The average Bonchev–Trinajstić information content (AvgIpc) is 2.69. The van der Waals surface area contributed by atoms with Crippen molar-refractivity contribution >= 4 is 50.9 Å². The van der Waals surface area contributed by atoms with E-state index in [1.807, 2.05) is 24.3 Å². The van der Waals surface area contributed by atoms with Gasteiger partial charge in [0.25, 0.3) is 5.91 Å². The summed E-state index contributed by atoms with van der Waals surface area (Å²) in [6.45, 7) is 0. The van der Waals surface area contributed by atoms with Gasteiger partial charge >= 0.3 is 0 Å². The maximum atomic E-state index is 13.7. The number of benzene rings is 3. The highest BCUT2D eigenvalue weighted by Crippen LogP contribution is 2.22. The fourth-order valence-electron chi connectivity index (χ4n) is 2.36. The van der Waals surface area contributed by atoms with Gasteiger partial charge < -0.3 is 10.6 Å². The van der Waals surface area contributed by atoms with Crippen LogP contribution in [0.5, 0.6) is 0 Å². The fraction of sp³-hybridized carbons (Fsp3) is 0.0476. The molecule has 0 saturated carbocycles. The van der Waals surface area contributed by atoms with Crippen LogP contribution in [0, 0.1) is 5.82 Å². The van der Waals surface area contributed by atoms with Crippen molar-refractivity contribution in [1.82, 2.24) is 0 Å². The van der Waals surface area contributed by atoms with E-state index in [2.05, 4.69) is 26.6 Å². The topological polar surface area (TPSA) is 58.2 Å². The lowest BCUT2D eigenvalue weighted by molar-refractivity contribution is -0.113. The summed E-state index contributed by atoms with van der Waals surface area (Å²) in [5.74, 6) is -0.919. The van der Waals surface area contributed by atoms with Crippen LogP contribution in [0.1, 0.15) is 10.4 Å². The summed E-state index contributed by atoms with van der Waals surface area (Å²) >= 11 is 4.73. The Bertz CT molecular complexity index is 978. The van der Waals surface area contributed by atoms with Gasteiger partial charge in [-0.25, -0.2) is 4.39 Å². The van der Waals surface area contributed by atoms with E-state index in [0.717, 1.165) is 15.1 Å². The maximum absolute atomic E-state index is 13.7. The zero-order valence-corrected chi connectivity index (χ0v) is 17.0. The first-order valence-corrected chi connectivity index (χ1v) is 10.1. The largest absolute Gasteiger partial charge is 0.325 e. The van der Waals surface area contributed by atoms with Gasteiger partial charge in [-0.1, -0.05) is 28.1 Å². The molecule has 28 heavy (non-hydrogen) atoms. The van der Waals surface area contributed by atoms with Gasteiger partial charge in [-0.05, 0) is 60.7 Å². The second-order valence-corrected chi connectivity index (χ2v) is 7.77. The van der Waals surface area contributed by atoms with E-state index in [1.54, 1.807) is 30.3 Å². The van der Waals surface area contributed by atoms with Crippen molar-refractivity contribution in [1.29, 1.82) is 0 Å². The standard InChI is InChI=1S/C21H16BrFN2O2S/c22-14-5-7-15(8-6-14)24-20(26)13-28-17-11-9-16(10-12-17)25-21(27)18-3-1-2-4-19(18)23/h1-12H,13H2,(H,24,26)(H,25,27). The van der Waals surface area contributed by atoms with Crippen LogP contribution in [-0.4, -0.2) is 17.6 Å². The van der Waals surface area contributed by atoms with Gasteiger partial charge in [-0.15, -0.1) is 11.8 Å². The van der Waals surface area contributed by atoms with Crippen LogP contribution in [0.3, 0.4) is 0 Å². The van der Waals surface area contributed by atoms with Gasteiger partial charge in [0.05, 0.1) is 11.3 Å². The van der Waals surface area contributed by atoms with Gasteiger partial charge in [0.1, 0.15) is 5.82 Å². The Morgan fingerprint density at radius 3 is 2.14 bits per heavy atom. The minimum Gasteiger partial charge on any atom is -0.325 e. The second-order valence-electron chi connectivity index (χ2n) is 5.80. The monoisotopic (exact) mass is 458 g/mol. The van der Waals surface area contributed by atoms with Crippen LogP contribution < -0.4 is 10.6 Å². The molecule has 0 unspecified atom stereocenters. The molecule has 2 N–H and O–H groups in total. The molecule has 3 aromatic rings. The van der Waals surface area contributed by atoms with Crippen LogP contribution in [-0.2, 0) is 4.79 Å². The first kappa shape index (κ1) is 20.1. The summed E-state index contributed by atoms with van der Waals surface area (Å²) in [5, 5.41) is 5.48. The molecule has 0 saturated heterocycles. The SMILES string of the molecule is O=C(CSc1ccc(NC(=O)c2ccccc2F)cc1)Nc1ccc(Br)cc1. The van der Waals surface area contributed by atoms with Crippen LogP contribution in [0.2, 0.25) is 0 Å². The van der Waals surface area contributed by atoms with Crippen molar-refractivity contribution in [3.8, 4) is 0 Å². The number of hydrogen-bond acceptors (Lipinski definition) is 3. The Balaban J connectivity index is 1.51. The Hall–Kier alpha value is -2.64. The van der Waals surface area contributed by atoms with E-state index in [4.69, 9.17) is 0 Å². The first-order valence-electron chi connectivity index (χ1n) is 8.35. The molecule has 2 amide bonds. The summed E-state index contributed by atoms with van der Waals surface area (Å²) in [4.78, 5) is 25.0. The molecule has 0 spiro atoms. The predicted molar refractivity (Wildman–Crippen MR) is 114 cm³/mol. The van der Waals surface area contributed by atoms with E-state index >= 15 is 0 Å². The minimum absolute atomic E-state index is 0.00874. The molecule has 4 nitrogen and oxygen atoms in total. The molecule has 0 aromatic heterocycles. The number of anilines is 2. The summed E-state index contributed by atoms with van der Waals surface area (Å²) < 4.78 is 14.6. The normalized spacial score (nSPS) is 10.4. The minimum atomic E-state index is -0.566. The molecule has 0 radical (unpaired) electrons. The van der Waals surface area contributed by atoms with Crippen LogP contribution in [0.25, 0.3) is 0 Å². The molecule has 142 valence electrons. The van der Waals surface area contributed by atoms with E-state index in [9.17, 15) is 14.0 Å². The molecule has 0 aliphatic carbocycles. The number of rotatable bonds is 6. The first-order chi connectivity index (χ1) is 13.5. The third kappa shape index (κ3) is 5.68. The van der Waals surface area contributed by atoms with Gasteiger partial charge in [0.2, 0.25) is 5.91 Å². The number of thioether (sulfide) groups is 1. The quantitative estimate of drug-likeness (QED) is 0.474. The molecule has 3 aromatic carbocycles. The lowest BCUT2D eigenvalue weighted by Crippen LogP contribution is -2.14. The molecular weight excluding hydrogens is 443 g/mol. The number of amides is 2. The number of carbonyl (C=O) groups excluding carboxylic acids is 2. The molecule has 0 aliphatic rings. The van der Waals surface area contributed by atoms with Gasteiger partial charge in [-0.2, -0.15) is 0 Å². The highest BCUT2D eigenvalue weighted by molar-refractivity contribution is 9.10. The Morgan fingerprint density at radius 2 is 1.46 bits per heavy atom. The second kappa shape index (κ2) is 9.52. The van der Waals surface area contributed by atoms with Crippen molar-refractivity contribution in [2.45, 2.75) is 4.90 Å². The Labute approximate surface area is 174 Å². The summed E-state index contributed by atoms with van der Waals surface area (Å²) in [6.07, 6.45) is 0. The highest BCUT2D eigenvalue weighted by Gasteiger charge is 2.11. The predicted octanol–water partition coefficient (Wildman–Crippen LogP) is 5.57. The fourth-order valence-corrected chi connectivity index (χ4v) is 3.32. The van der Waals surface area contributed by atoms with Crippen molar-refractivity contribution in [2.75, 3.05) is 16.4 Å². The Kier molecular flexibility index (Phi) is 6.84. The van der Waals surface area contributed by atoms with Crippen molar-refractivity contribution in [3.05, 3.63) is 88.6 Å². The third-order valence-corrected chi connectivity index (χ3v) is 5.27. The van der Waals surface area contributed by atoms with E-state index < -0.39 is 11.7 Å². The molecule has 0 bridgehead atoms. The van der Waals surface area contributed by atoms with Crippen LogP contribution in [0.15, 0.2) is 82.2 Å². The average molecular weight is 459 g/mol. The van der Waals surface area contributed by atoms with Crippen molar-refractivity contribution in [3.63, 3.8) is 0 Å². The molecule has 0 aliphatic heterocycles. The number of hydrogen-bond donors (Lipinski definition) is 2. The van der Waals surface area contributed by atoms with Crippen molar-refractivity contribution in [2.24, 2.45) is 0 Å². The molecule has 7 heteroatoms. The summed E-state index contributed by atoms with van der Waals surface area (Å²) in [7, 11) is 0. The Morgan fingerprint density at radius 1 is 0.857 bits per heavy atom. The maximum Gasteiger partial charge on any atom is 0.258 e. The molecule has 0 atom stereocenters. The lowest BCUT2D eigenvalue weighted by atomic mass is 10.2. The van der Waals surface area contributed by atoms with Crippen LogP contribution in [0.4, 0.5) is 15.8 Å².